The Kier molecular flexibility index (Phi) is 7.08. The molecule has 4 rings (SSSR count). The van der Waals surface area contributed by atoms with Gasteiger partial charge in [-0.3, -0.25) is 19.1 Å². The molecule has 1 aromatic carbocycles. The van der Waals surface area contributed by atoms with Gasteiger partial charge in [-0.05, 0) is 25.8 Å². The zero-order valence-electron chi connectivity index (χ0n) is 18.6. The molecule has 0 bridgehead atoms. The van der Waals surface area contributed by atoms with Crippen LogP contribution in [0.3, 0.4) is 0 Å². The topological polar surface area (TPSA) is 118 Å². The van der Waals surface area contributed by atoms with Gasteiger partial charge in [-0.2, -0.15) is 0 Å². The summed E-state index contributed by atoms with van der Waals surface area (Å²) in [6.45, 7) is 4.41. The van der Waals surface area contributed by atoms with E-state index in [1.807, 2.05) is 30.3 Å². The maximum atomic E-state index is 12.2. The number of nitrogens with zero attached hydrogens (tertiary/aromatic N) is 1. The summed E-state index contributed by atoms with van der Waals surface area (Å²) in [7, 11) is 0. The van der Waals surface area contributed by atoms with Crippen molar-refractivity contribution >= 4 is 5.97 Å². The Morgan fingerprint density at radius 1 is 1.12 bits per heavy atom. The lowest BCUT2D eigenvalue weighted by Crippen LogP contribution is -2.37. The van der Waals surface area contributed by atoms with Gasteiger partial charge in [-0.15, -0.1) is 0 Å². The van der Waals surface area contributed by atoms with Gasteiger partial charge in [-0.25, -0.2) is 4.79 Å². The molecule has 2 aliphatic rings. The summed E-state index contributed by atoms with van der Waals surface area (Å²) in [4.78, 5) is 38.0. The van der Waals surface area contributed by atoms with Crippen molar-refractivity contribution in [3.63, 3.8) is 0 Å². The zero-order valence-corrected chi connectivity index (χ0v) is 18.6. The van der Waals surface area contributed by atoms with Gasteiger partial charge >= 0.3 is 11.7 Å². The molecule has 10 nitrogen and oxygen atoms in total. The van der Waals surface area contributed by atoms with E-state index < -0.39 is 41.6 Å². The van der Waals surface area contributed by atoms with Crippen LogP contribution in [0.4, 0.5) is 0 Å². The van der Waals surface area contributed by atoms with E-state index in [4.69, 9.17) is 23.7 Å². The van der Waals surface area contributed by atoms with Crippen LogP contribution in [0, 0.1) is 0 Å². The van der Waals surface area contributed by atoms with Gasteiger partial charge < -0.3 is 23.7 Å². The first-order valence-corrected chi connectivity index (χ1v) is 10.9. The fourth-order valence-electron chi connectivity index (χ4n) is 3.97. The van der Waals surface area contributed by atoms with Crippen LogP contribution in [0.15, 0.2) is 52.2 Å². The van der Waals surface area contributed by atoms with E-state index in [0.717, 1.165) is 5.56 Å². The third-order valence-corrected chi connectivity index (χ3v) is 5.44. The van der Waals surface area contributed by atoms with Gasteiger partial charge in [0.15, 0.2) is 12.0 Å². The van der Waals surface area contributed by atoms with Crippen molar-refractivity contribution in [2.24, 2.45) is 0 Å². The maximum absolute atomic E-state index is 12.2. The molecule has 2 aliphatic heterocycles. The fourth-order valence-corrected chi connectivity index (χ4v) is 3.97. The van der Waals surface area contributed by atoms with Gasteiger partial charge in [0.2, 0.25) is 0 Å². The summed E-state index contributed by atoms with van der Waals surface area (Å²) in [6, 6.07) is 11.0. The predicted octanol–water partition coefficient (Wildman–Crippen LogP) is 1.49. The molecule has 4 atom stereocenters. The molecule has 0 amide bonds. The molecular formula is C23H28N2O8. The minimum Gasteiger partial charge on any atom is -0.463 e. The highest BCUT2D eigenvalue weighted by Gasteiger charge is 2.56. The molecule has 10 heteroatoms. The molecule has 2 fully saturated rings. The van der Waals surface area contributed by atoms with E-state index in [-0.39, 0.29) is 19.0 Å². The predicted molar refractivity (Wildman–Crippen MR) is 115 cm³/mol. The van der Waals surface area contributed by atoms with Crippen LogP contribution in [-0.2, 0) is 35.1 Å². The van der Waals surface area contributed by atoms with Crippen LogP contribution >= 0.6 is 0 Å². The number of fused-ring (bicyclic) bond motifs is 1. The summed E-state index contributed by atoms with van der Waals surface area (Å²) in [5.74, 6) is -1.26. The van der Waals surface area contributed by atoms with E-state index in [0.29, 0.717) is 19.6 Å². The Labute approximate surface area is 190 Å². The van der Waals surface area contributed by atoms with E-state index >= 15 is 0 Å². The van der Waals surface area contributed by atoms with Gasteiger partial charge in [0, 0.05) is 25.3 Å². The van der Waals surface area contributed by atoms with Crippen molar-refractivity contribution in [3.8, 4) is 0 Å². The standard InChI is InChI=1S/C23H28N2O8/c1-23(2)32-19-16(31-21(20(19)33-23)25-11-10-17(26)24-22(25)28)14-30-18(27)9-6-12-29-13-15-7-4-3-5-8-15/h3-5,7-8,10-11,16,19-21H,6,9,12-14H2,1-2H3,(H,24,26,28)/t16-,19-,20-,21-/m1/s1. The monoisotopic (exact) mass is 460 g/mol. The molecule has 0 saturated carbocycles. The van der Waals surface area contributed by atoms with Crippen LogP contribution in [0.2, 0.25) is 0 Å². The Morgan fingerprint density at radius 2 is 1.88 bits per heavy atom. The molecule has 33 heavy (non-hydrogen) atoms. The number of ether oxygens (including phenoxy) is 5. The molecule has 3 heterocycles. The number of benzene rings is 1. The lowest BCUT2D eigenvalue weighted by molar-refractivity contribution is -0.203. The summed E-state index contributed by atoms with van der Waals surface area (Å²) in [6.07, 6.45) is -0.492. The molecule has 0 radical (unpaired) electrons. The number of aromatic nitrogens is 2. The highest BCUT2D eigenvalue weighted by Crippen LogP contribution is 2.42. The first-order chi connectivity index (χ1) is 15.8. The number of aromatic amines is 1. The summed E-state index contributed by atoms with van der Waals surface area (Å²) >= 11 is 0. The second-order valence-corrected chi connectivity index (χ2v) is 8.47. The van der Waals surface area contributed by atoms with Crippen molar-refractivity contribution in [2.75, 3.05) is 13.2 Å². The van der Waals surface area contributed by atoms with Crippen LogP contribution in [0.1, 0.15) is 38.5 Å². The molecule has 2 aromatic rings. The Balaban J connectivity index is 1.28. The number of nitrogens with one attached hydrogen (secondary N) is 1. The zero-order chi connectivity index (χ0) is 23.4. The van der Waals surface area contributed by atoms with Crippen LogP contribution < -0.4 is 11.2 Å². The second-order valence-electron chi connectivity index (χ2n) is 8.47. The number of esters is 1. The maximum Gasteiger partial charge on any atom is 0.330 e. The number of carbonyl (C=O) groups is 1. The minimum atomic E-state index is -0.887. The molecule has 1 aromatic heterocycles. The summed E-state index contributed by atoms with van der Waals surface area (Å²) in [5.41, 5.74) is -0.0495. The summed E-state index contributed by atoms with van der Waals surface area (Å²) < 4.78 is 30.1. The SMILES string of the molecule is CC1(C)O[C@@H]2[C@H](O1)[C@@H](COC(=O)CCCOCc1ccccc1)O[C@H]2n1ccc(=O)[nH]c1=O. The molecule has 1 N–H and O–H groups in total. The smallest absolute Gasteiger partial charge is 0.330 e. The van der Waals surface area contributed by atoms with Crippen molar-refractivity contribution in [1.82, 2.24) is 9.55 Å². The normalized spacial score (nSPS) is 25.6. The van der Waals surface area contributed by atoms with Crippen molar-refractivity contribution < 1.29 is 28.5 Å². The molecule has 2 saturated heterocycles. The van der Waals surface area contributed by atoms with E-state index in [2.05, 4.69) is 4.98 Å². The number of carbonyl (C=O) groups excluding carboxylic acids is 1. The lowest BCUT2D eigenvalue weighted by Gasteiger charge is -2.24. The van der Waals surface area contributed by atoms with Gasteiger partial charge in [-0.1, -0.05) is 30.3 Å². The number of hydrogen-bond donors (Lipinski definition) is 1. The Bertz CT molecular complexity index is 1060. The summed E-state index contributed by atoms with van der Waals surface area (Å²) in [5, 5.41) is 0. The van der Waals surface area contributed by atoms with Gasteiger partial charge in [0.1, 0.15) is 24.9 Å². The van der Waals surface area contributed by atoms with E-state index in [9.17, 15) is 14.4 Å². The average molecular weight is 460 g/mol. The molecule has 0 aliphatic carbocycles. The first kappa shape index (κ1) is 23.4. The second kappa shape index (κ2) is 10.0. The third-order valence-electron chi connectivity index (χ3n) is 5.44. The van der Waals surface area contributed by atoms with E-state index in [1.54, 1.807) is 13.8 Å². The van der Waals surface area contributed by atoms with Crippen LogP contribution in [0.5, 0.6) is 0 Å². The molecule has 178 valence electrons. The lowest BCUT2D eigenvalue weighted by atomic mass is 10.1. The Morgan fingerprint density at radius 3 is 2.64 bits per heavy atom. The first-order valence-electron chi connectivity index (χ1n) is 10.9. The van der Waals surface area contributed by atoms with Crippen molar-refractivity contribution in [2.45, 2.75) is 63.6 Å². The quantitative estimate of drug-likeness (QED) is 0.442. The van der Waals surface area contributed by atoms with Gasteiger partial charge in [0.25, 0.3) is 5.56 Å². The van der Waals surface area contributed by atoms with Crippen molar-refractivity contribution in [3.05, 3.63) is 69.0 Å². The fraction of sp³-hybridized carbons (Fsp3) is 0.522. The van der Waals surface area contributed by atoms with E-state index in [1.165, 1.54) is 16.8 Å². The minimum absolute atomic E-state index is 0.0427. The van der Waals surface area contributed by atoms with Crippen LogP contribution in [-0.4, -0.2) is 52.8 Å². The number of H-pyrrole nitrogens is 1. The molecule has 0 unspecified atom stereocenters. The van der Waals surface area contributed by atoms with Crippen molar-refractivity contribution in [1.29, 1.82) is 0 Å². The Hall–Kier alpha value is -2.79. The number of hydrogen-bond acceptors (Lipinski definition) is 8. The molecular weight excluding hydrogens is 432 g/mol. The molecule has 0 spiro atoms. The highest BCUT2D eigenvalue weighted by atomic mass is 16.8. The highest BCUT2D eigenvalue weighted by molar-refractivity contribution is 5.69. The van der Waals surface area contributed by atoms with Crippen LogP contribution in [0.25, 0.3) is 0 Å². The average Bonchev–Trinajstić information content (AvgIpc) is 3.26. The van der Waals surface area contributed by atoms with Gasteiger partial charge in [0.05, 0.1) is 6.61 Å². The number of rotatable bonds is 9. The largest absolute Gasteiger partial charge is 0.463 e. The third kappa shape index (κ3) is 5.77.